The highest BCUT2D eigenvalue weighted by Gasteiger charge is 2.20. The van der Waals surface area contributed by atoms with E-state index >= 15 is 0 Å². The van der Waals surface area contributed by atoms with E-state index in [0.29, 0.717) is 12.5 Å². The quantitative estimate of drug-likeness (QED) is 0.515. The number of methoxy groups -OCH3 is 1. The summed E-state index contributed by atoms with van der Waals surface area (Å²) in [6.45, 7) is 13.1. The number of aliphatic imine (C=N–C) groups is 1. The number of nitrogens with one attached hydrogen (secondary N) is 1. The van der Waals surface area contributed by atoms with Gasteiger partial charge in [-0.2, -0.15) is 0 Å². The Morgan fingerprint density at radius 3 is 2.68 bits per heavy atom. The standard InChI is InChI=1S/C23H35FN6O/c1-5-25-23(27-15-22-26-8-9-30(22)16-18(2)3)29-12-10-28(11-13-29)17-19-6-7-21(31-4)20(24)14-19/h6-9,14,18H,5,10-13,15-17H2,1-4H3,(H,25,27). The molecule has 2 heterocycles. The third-order valence-electron chi connectivity index (χ3n) is 5.36. The van der Waals surface area contributed by atoms with Crippen LogP contribution < -0.4 is 10.1 Å². The molecule has 1 saturated heterocycles. The molecule has 1 N–H and O–H groups in total. The van der Waals surface area contributed by atoms with Gasteiger partial charge in [0, 0.05) is 58.2 Å². The zero-order chi connectivity index (χ0) is 22.2. The second kappa shape index (κ2) is 11.1. The molecular formula is C23H35FN6O. The van der Waals surface area contributed by atoms with E-state index in [9.17, 15) is 4.39 Å². The molecule has 0 aliphatic carbocycles. The van der Waals surface area contributed by atoms with Gasteiger partial charge in [0.15, 0.2) is 17.5 Å². The highest BCUT2D eigenvalue weighted by atomic mass is 19.1. The van der Waals surface area contributed by atoms with Crippen LogP contribution in [0.5, 0.6) is 5.75 Å². The fourth-order valence-electron chi connectivity index (χ4n) is 3.81. The number of hydrogen-bond donors (Lipinski definition) is 1. The molecular weight excluding hydrogens is 395 g/mol. The highest BCUT2D eigenvalue weighted by Crippen LogP contribution is 2.19. The van der Waals surface area contributed by atoms with E-state index in [4.69, 9.17) is 9.73 Å². The first-order chi connectivity index (χ1) is 15.0. The Bertz CT molecular complexity index is 858. The van der Waals surface area contributed by atoms with Gasteiger partial charge in [-0.05, 0) is 30.5 Å². The maximum absolute atomic E-state index is 14.0. The molecule has 0 bridgehead atoms. The number of benzene rings is 1. The normalized spacial score (nSPS) is 15.5. The van der Waals surface area contributed by atoms with E-state index in [1.807, 2.05) is 18.5 Å². The monoisotopic (exact) mass is 430 g/mol. The Morgan fingerprint density at radius 2 is 2.03 bits per heavy atom. The average molecular weight is 431 g/mol. The predicted molar refractivity (Wildman–Crippen MR) is 122 cm³/mol. The third kappa shape index (κ3) is 6.43. The zero-order valence-electron chi connectivity index (χ0n) is 19.1. The van der Waals surface area contributed by atoms with Gasteiger partial charge in [-0.15, -0.1) is 0 Å². The molecule has 2 aromatic rings. The van der Waals surface area contributed by atoms with Crippen LogP contribution in [0.25, 0.3) is 0 Å². The van der Waals surface area contributed by atoms with Gasteiger partial charge in [0.1, 0.15) is 12.4 Å². The first-order valence-corrected chi connectivity index (χ1v) is 11.1. The van der Waals surface area contributed by atoms with Crippen molar-refractivity contribution in [3.63, 3.8) is 0 Å². The summed E-state index contributed by atoms with van der Waals surface area (Å²) in [6, 6.07) is 5.19. The molecule has 0 spiro atoms. The van der Waals surface area contributed by atoms with Crippen LogP contribution in [-0.4, -0.2) is 65.1 Å². The van der Waals surface area contributed by atoms with Gasteiger partial charge in [0.05, 0.1) is 7.11 Å². The lowest BCUT2D eigenvalue weighted by atomic mass is 10.2. The molecule has 1 aliphatic heterocycles. The maximum Gasteiger partial charge on any atom is 0.194 e. The van der Waals surface area contributed by atoms with Crippen LogP contribution in [0.3, 0.4) is 0 Å². The van der Waals surface area contributed by atoms with Gasteiger partial charge < -0.3 is 19.5 Å². The van der Waals surface area contributed by atoms with Crippen molar-refractivity contribution in [3.8, 4) is 5.75 Å². The summed E-state index contributed by atoms with van der Waals surface area (Å²) in [5, 5.41) is 3.42. The van der Waals surface area contributed by atoms with Crippen molar-refractivity contribution < 1.29 is 9.13 Å². The van der Waals surface area contributed by atoms with Gasteiger partial charge >= 0.3 is 0 Å². The number of ether oxygens (including phenoxy) is 1. The number of hydrogen-bond acceptors (Lipinski definition) is 4. The molecule has 31 heavy (non-hydrogen) atoms. The minimum atomic E-state index is -0.309. The van der Waals surface area contributed by atoms with Gasteiger partial charge in [0.2, 0.25) is 0 Å². The van der Waals surface area contributed by atoms with Crippen molar-refractivity contribution in [1.29, 1.82) is 0 Å². The molecule has 7 nitrogen and oxygen atoms in total. The number of imidazole rings is 1. The first-order valence-electron chi connectivity index (χ1n) is 11.1. The average Bonchev–Trinajstić information content (AvgIpc) is 3.18. The fraction of sp³-hybridized carbons (Fsp3) is 0.565. The first kappa shape index (κ1) is 23.1. The van der Waals surface area contributed by atoms with E-state index in [1.54, 1.807) is 12.1 Å². The van der Waals surface area contributed by atoms with E-state index in [1.165, 1.54) is 7.11 Å². The summed E-state index contributed by atoms with van der Waals surface area (Å²) in [5.74, 6) is 2.46. The van der Waals surface area contributed by atoms with Crippen LogP contribution in [-0.2, 0) is 19.6 Å². The van der Waals surface area contributed by atoms with E-state index in [-0.39, 0.29) is 11.6 Å². The molecule has 1 aliphatic rings. The van der Waals surface area contributed by atoms with Crippen LogP contribution in [0.15, 0.2) is 35.6 Å². The lowest BCUT2D eigenvalue weighted by molar-refractivity contribution is 0.172. The highest BCUT2D eigenvalue weighted by molar-refractivity contribution is 5.80. The van der Waals surface area contributed by atoms with Gasteiger partial charge in [-0.25, -0.2) is 14.4 Å². The minimum Gasteiger partial charge on any atom is -0.494 e. The van der Waals surface area contributed by atoms with Gasteiger partial charge in [-0.3, -0.25) is 4.90 Å². The summed E-state index contributed by atoms with van der Waals surface area (Å²) < 4.78 is 21.2. The van der Waals surface area contributed by atoms with Crippen LogP contribution >= 0.6 is 0 Å². The molecule has 0 radical (unpaired) electrons. The van der Waals surface area contributed by atoms with E-state index in [2.05, 4.69) is 45.4 Å². The third-order valence-corrected chi connectivity index (χ3v) is 5.36. The van der Waals surface area contributed by atoms with Crippen LogP contribution in [0, 0.1) is 11.7 Å². The van der Waals surface area contributed by atoms with Crippen LogP contribution in [0.1, 0.15) is 32.2 Å². The molecule has 170 valence electrons. The summed E-state index contributed by atoms with van der Waals surface area (Å²) in [7, 11) is 1.48. The number of rotatable bonds is 8. The lowest BCUT2D eigenvalue weighted by Gasteiger charge is -2.36. The van der Waals surface area contributed by atoms with Crippen molar-refractivity contribution in [3.05, 3.63) is 47.8 Å². The Hall–Kier alpha value is -2.61. The number of nitrogens with zero attached hydrogens (tertiary/aromatic N) is 5. The van der Waals surface area contributed by atoms with Crippen LogP contribution in [0.4, 0.5) is 4.39 Å². The molecule has 8 heteroatoms. The minimum absolute atomic E-state index is 0.286. The fourth-order valence-corrected chi connectivity index (χ4v) is 3.81. The zero-order valence-corrected chi connectivity index (χ0v) is 19.1. The van der Waals surface area contributed by atoms with Crippen molar-refractivity contribution >= 4 is 5.96 Å². The molecule has 0 atom stereocenters. The smallest absolute Gasteiger partial charge is 0.194 e. The summed E-state index contributed by atoms with van der Waals surface area (Å²) >= 11 is 0. The lowest BCUT2D eigenvalue weighted by Crippen LogP contribution is -2.52. The van der Waals surface area contributed by atoms with E-state index < -0.39 is 0 Å². The predicted octanol–water partition coefficient (Wildman–Crippen LogP) is 2.97. The van der Waals surface area contributed by atoms with Crippen molar-refractivity contribution in [2.75, 3.05) is 39.8 Å². The summed E-state index contributed by atoms with van der Waals surface area (Å²) in [6.07, 6.45) is 3.87. The van der Waals surface area contributed by atoms with Gasteiger partial charge in [0.25, 0.3) is 0 Å². The molecule has 1 aromatic heterocycles. The summed E-state index contributed by atoms with van der Waals surface area (Å²) in [4.78, 5) is 14.0. The molecule has 0 unspecified atom stereocenters. The summed E-state index contributed by atoms with van der Waals surface area (Å²) in [5.41, 5.74) is 0.962. The number of piperazine rings is 1. The SMILES string of the molecule is CCNC(=NCc1nccn1CC(C)C)N1CCN(Cc2ccc(OC)c(F)c2)CC1. The molecule has 1 aromatic carbocycles. The Morgan fingerprint density at radius 1 is 1.26 bits per heavy atom. The van der Waals surface area contributed by atoms with Gasteiger partial charge in [-0.1, -0.05) is 19.9 Å². The van der Waals surface area contributed by atoms with E-state index in [0.717, 1.165) is 63.2 Å². The molecule has 1 fully saturated rings. The topological polar surface area (TPSA) is 57.9 Å². The molecule has 3 rings (SSSR count). The number of halogens is 1. The Balaban J connectivity index is 1.57. The second-order valence-corrected chi connectivity index (χ2v) is 8.29. The molecule has 0 amide bonds. The van der Waals surface area contributed by atoms with Crippen molar-refractivity contribution in [2.45, 2.75) is 40.4 Å². The number of guanidine groups is 1. The Labute approximate surface area is 184 Å². The van der Waals surface area contributed by atoms with Crippen molar-refractivity contribution in [1.82, 2.24) is 24.7 Å². The second-order valence-electron chi connectivity index (χ2n) is 8.29. The largest absolute Gasteiger partial charge is 0.494 e. The Kier molecular flexibility index (Phi) is 8.28. The maximum atomic E-state index is 14.0. The van der Waals surface area contributed by atoms with Crippen molar-refractivity contribution in [2.24, 2.45) is 10.9 Å². The van der Waals surface area contributed by atoms with Crippen LogP contribution in [0.2, 0.25) is 0 Å². The number of aromatic nitrogens is 2. The molecule has 0 saturated carbocycles.